The first-order valence-corrected chi connectivity index (χ1v) is 32.5. The van der Waals surface area contributed by atoms with Crippen molar-refractivity contribution < 1.29 is 32.9 Å². The van der Waals surface area contributed by atoms with Gasteiger partial charge < -0.3 is 19.8 Å². The first-order chi connectivity index (χ1) is 35.0. The number of phosphoric acid groups is 1. The Balaban J connectivity index is 3.95. The lowest BCUT2D eigenvalue weighted by atomic mass is 10.0. The highest BCUT2D eigenvalue weighted by Gasteiger charge is 2.27. The fourth-order valence-corrected chi connectivity index (χ4v) is 9.89. The number of aliphatic hydroxyl groups is 1. The van der Waals surface area contributed by atoms with Crippen LogP contribution in [-0.2, 0) is 18.4 Å². The molecule has 0 aliphatic carbocycles. The molecule has 0 saturated carbocycles. The lowest BCUT2D eigenvalue weighted by Gasteiger charge is -2.25. The first kappa shape index (κ1) is 70.5. The van der Waals surface area contributed by atoms with Crippen molar-refractivity contribution in [2.45, 2.75) is 309 Å². The van der Waals surface area contributed by atoms with E-state index in [1.807, 2.05) is 27.2 Å². The number of rotatable bonds is 57. The van der Waals surface area contributed by atoms with Crippen LogP contribution in [0.15, 0.2) is 48.6 Å². The van der Waals surface area contributed by atoms with E-state index in [0.717, 1.165) is 44.9 Å². The highest BCUT2D eigenvalue weighted by molar-refractivity contribution is 7.47. The highest BCUT2D eigenvalue weighted by Crippen LogP contribution is 2.43. The molecule has 0 aromatic rings. The number of likely N-dealkylation sites (N-methyl/N-ethyl adjacent to an activating group) is 1. The normalized spacial score (nSPS) is 14.2. The first-order valence-electron chi connectivity index (χ1n) is 31.0. The van der Waals surface area contributed by atoms with E-state index in [1.165, 1.54) is 231 Å². The van der Waals surface area contributed by atoms with Crippen molar-refractivity contribution in [3.63, 3.8) is 0 Å². The summed E-state index contributed by atoms with van der Waals surface area (Å²) in [7, 11) is 1.56. The molecule has 0 aromatic carbocycles. The van der Waals surface area contributed by atoms with E-state index in [0.29, 0.717) is 17.4 Å². The fourth-order valence-electron chi connectivity index (χ4n) is 9.15. The quantitative estimate of drug-likeness (QED) is 0.0243. The van der Waals surface area contributed by atoms with E-state index >= 15 is 0 Å². The van der Waals surface area contributed by atoms with Gasteiger partial charge in [-0.2, -0.15) is 0 Å². The number of carbonyl (C=O) groups excluding carboxylic acids is 1. The van der Waals surface area contributed by atoms with Gasteiger partial charge in [0.15, 0.2) is 0 Å². The lowest BCUT2D eigenvalue weighted by Crippen LogP contribution is -2.45. The zero-order valence-electron chi connectivity index (χ0n) is 48.4. The molecule has 0 spiro atoms. The van der Waals surface area contributed by atoms with Crippen LogP contribution >= 0.6 is 7.82 Å². The van der Waals surface area contributed by atoms with Crippen LogP contribution < -0.4 is 5.32 Å². The summed E-state index contributed by atoms with van der Waals surface area (Å²) >= 11 is 0. The minimum Gasteiger partial charge on any atom is -0.387 e. The number of amides is 1. The molecule has 0 rings (SSSR count). The van der Waals surface area contributed by atoms with Gasteiger partial charge in [-0.3, -0.25) is 13.8 Å². The molecular weight excluding hydrogens is 912 g/mol. The monoisotopic (exact) mass is 1030 g/mol. The maximum atomic E-state index is 13.0. The Morgan fingerprint density at radius 3 is 1.19 bits per heavy atom. The summed E-state index contributed by atoms with van der Waals surface area (Å²) in [5.41, 5.74) is 0. The van der Waals surface area contributed by atoms with E-state index < -0.39 is 20.0 Å². The molecule has 0 heterocycles. The maximum Gasteiger partial charge on any atom is 0.472 e. The fraction of sp³-hybridized carbons (Fsp3) is 0.857. The topological polar surface area (TPSA) is 105 Å². The molecular formula is C63H122N2O6P+. The third kappa shape index (κ3) is 56.2. The number of hydrogen-bond donors (Lipinski definition) is 3. The summed E-state index contributed by atoms with van der Waals surface area (Å²) < 4.78 is 23.6. The van der Waals surface area contributed by atoms with Crippen LogP contribution in [0.1, 0.15) is 296 Å². The summed E-state index contributed by atoms with van der Waals surface area (Å²) in [5, 5.41) is 13.9. The van der Waals surface area contributed by atoms with Gasteiger partial charge in [-0.1, -0.05) is 274 Å². The molecule has 0 saturated heterocycles. The molecule has 0 fully saturated rings. The third-order valence-corrected chi connectivity index (χ3v) is 15.0. The van der Waals surface area contributed by atoms with Crippen molar-refractivity contribution in [3.05, 3.63) is 48.6 Å². The minimum absolute atomic E-state index is 0.0563. The van der Waals surface area contributed by atoms with Crippen LogP contribution in [0, 0.1) is 0 Å². The molecule has 424 valence electrons. The zero-order chi connectivity index (χ0) is 52.7. The van der Waals surface area contributed by atoms with E-state index in [-0.39, 0.29) is 19.1 Å². The number of nitrogens with one attached hydrogen (secondary N) is 1. The van der Waals surface area contributed by atoms with Crippen LogP contribution in [0.25, 0.3) is 0 Å². The maximum absolute atomic E-state index is 13.0. The number of hydrogen-bond acceptors (Lipinski definition) is 5. The molecule has 3 atom stereocenters. The number of nitrogens with zero attached hydrogens (tertiary/aromatic N) is 1. The molecule has 9 heteroatoms. The van der Waals surface area contributed by atoms with Crippen molar-refractivity contribution in [1.82, 2.24) is 5.32 Å². The number of unbranched alkanes of at least 4 members (excludes halogenated alkanes) is 38. The Hall–Kier alpha value is -1.54. The second-order valence-corrected chi connectivity index (χ2v) is 23.9. The summed E-state index contributed by atoms with van der Waals surface area (Å²) in [6.45, 7) is 4.81. The average Bonchev–Trinajstić information content (AvgIpc) is 3.34. The standard InChI is InChI=1S/C63H121N2O6P/c1-6-8-10-12-14-16-18-20-21-22-23-24-25-26-27-28-29-30-31-32-33-34-35-36-37-38-39-40-41-42-43-45-47-49-51-53-55-57-63(67)64-61(60-71-72(68,69)70-59-58-65(3,4)5)62(66)56-54-52-50-48-46-44-19-17-15-13-11-9-7-2/h27-28,30-31,46,48,54,56,61-62,66H,6-26,29,32-45,47,49-53,55,57-60H2,1-5H3,(H-,64,67,68,69)/p+1/b28-27-,31-30-,48-46+,56-54+. The Morgan fingerprint density at radius 2 is 0.806 bits per heavy atom. The molecule has 72 heavy (non-hydrogen) atoms. The number of quaternary nitrogens is 1. The molecule has 0 bridgehead atoms. The van der Waals surface area contributed by atoms with E-state index in [4.69, 9.17) is 9.05 Å². The molecule has 3 unspecified atom stereocenters. The smallest absolute Gasteiger partial charge is 0.387 e. The van der Waals surface area contributed by atoms with Gasteiger partial charge in [0, 0.05) is 6.42 Å². The summed E-state index contributed by atoms with van der Waals surface area (Å²) in [5.74, 6) is -0.185. The molecule has 3 N–H and O–H groups in total. The molecule has 0 radical (unpaired) electrons. The van der Waals surface area contributed by atoms with Crippen LogP contribution in [0.3, 0.4) is 0 Å². The highest BCUT2D eigenvalue weighted by atomic mass is 31.2. The van der Waals surface area contributed by atoms with Gasteiger partial charge in [-0.05, 0) is 64.2 Å². The predicted octanol–water partition coefficient (Wildman–Crippen LogP) is 19.1. The molecule has 1 amide bonds. The Morgan fingerprint density at radius 1 is 0.472 bits per heavy atom. The SMILES string of the molecule is CCCCCCCCC/C=C/CC/C=C/C(O)C(COP(=O)(O)OCC[N+](C)(C)C)NC(=O)CCCCCCCCCCCCCCCCCCC/C=C\C/C=C\CCCCCCCCCCCCCCC. The van der Waals surface area contributed by atoms with Gasteiger partial charge in [0.05, 0.1) is 39.9 Å². The second-order valence-electron chi connectivity index (χ2n) is 22.4. The van der Waals surface area contributed by atoms with Crippen LogP contribution in [0.5, 0.6) is 0 Å². The van der Waals surface area contributed by atoms with Crippen LogP contribution in [0.2, 0.25) is 0 Å². The number of aliphatic hydroxyl groups excluding tert-OH is 1. The van der Waals surface area contributed by atoms with Gasteiger partial charge in [0.1, 0.15) is 13.2 Å². The largest absolute Gasteiger partial charge is 0.472 e. The van der Waals surface area contributed by atoms with Crippen molar-refractivity contribution in [3.8, 4) is 0 Å². The van der Waals surface area contributed by atoms with Crippen LogP contribution in [0.4, 0.5) is 0 Å². The number of allylic oxidation sites excluding steroid dienone is 7. The zero-order valence-corrected chi connectivity index (χ0v) is 49.3. The van der Waals surface area contributed by atoms with E-state index in [2.05, 4.69) is 55.6 Å². The van der Waals surface area contributed by atoms with Crippen LogP contribution in [-0.4, -0.2) is 73.4 Å². The van der Waals surface area contributed by atoms with Crippen molar-refractivity contribution >= 4 is 13.7 Å². The molecule has 8 nitrogen and oxygen atoms in total. The van der Waals surface area contributed by atoms with Crippen molar-refractivity contribution in [1.29, 1.82) is 0 Å². The third-order valence-electron chi connectivity index (χ3n) is 14.0. The average molecular weight is 1030 g/mol. The summed E-state index contributed by atoms with van der Waals surface area (Å²) in [6.07, 6.45) is 72.5. The van der Waals surface area contributed by atoms with Crippen molar-refractivity contribution in [2.75, 3.05) is 40.9 Å². The number of carbonyl (C=O) groups is 1. The van der Waals surface area contributed by atoms with Gasteiger partial charge in [-0.15, -0.1) is 0 Å². The lowest BCUT2D eigenvalue weighted by molar-refractivity contribution is -0.870. The van der Waals surface area contributed by atoms with Gasteiger partial charge in [-0.25, -0.2) is 4.57 Å². The molecule has 0 aliphatic heterocycles. The summed E-state index contributed by atoms with van der Waals surface area (Å²) in [4.78, 5) is 23.3. The summed E-state index contributed by atoms with van der Waals surface area (Å²) in [6, 6.07) is -0.863. The Labute approximate surface area is 448 Å². The molecule has 0 aromatic heterocycles. The van der Waals surface area contributed by atoms with E-state index in [1.54, 1.807) is 6.08 Å². The Bertz CT molecular complexity index is 1310. The van der Waals surface area contributed by atoms with Crippen molar-refractivity contribution in [2.24, 2.45) is 0 Å². The number of phosphoric ester groups is 1. The minimum atomic E-state index is -4.35. The predicted molar refractivity (Wildman–Crippen MR) is 314 cm³/mol. The second kappa shape index (κ2) is 54.3. The Kier molecular flexibility index (Phi) is 53.1. The molecule has 0 aliphatic rings. The van der Waals surface area contributed by atoms with Gasteiger partial charge in [0.2, 0.25) is 5.91 Å². The van der Waals surface area contributed by atoms with Gasteiger partial charge >= 0.3 is 7.82 Å². The van der Waals surface area contributed by atoms with E-state index in [9.17, 15) is 19.4 Å². The van der Waals surface area contributed by atoms with Gasteiger partial charge in [0.25, 0.3) is 0 Å².